The number of hydrogen-bond donors (Lipinski definition) is 0. The van der Waals surface area contributed by atoms with E-state index in [0.717, 1.165) is 10.4 Å². The predicted molar refractivity (Wildman–Crippen MR) is 108 cm³/mol. The molecule has 0 saturated heterocycles. The molecule has 1 heterocycles. The molecule has 2 aromatic rings. The predicted octanol–water partition coefficient (Wildman–Crippen LogP) is 3.55. The van der Waals surface area contributed by atoms with Crippen molar-refractivity contribution in [1.82, 2.24) is 9.80 Å². The third kappa shape index (κ3) is 6.73. The molecule has 0 fully saturated rings. The van der Waals surface area contributed by atoms with Crippen molar-refractivity contribution < 1.29 is 18.7 Å². The topological polar surface area (TPSA) is 49.9 Å². The van der Waals surface area contributed by atoms with Gasteiger partial charge in [0.2, 0.25) is 11.8 Å². The van der Waals surface area contributed by atoms with Gasteiger partial charge in [-0.25, -0.2) is 4.39 Å². The minimum Gasteiger partial charge on any atom is -0.383 e. The van der Waals surface area contributed by atoms with E-state index in [1.54, 1.807) is 40.4 Å². The molecule has 7 heteroatoms. The first kappa shape index (κ1) is 22.0. The van der Waals surface area contributed by atoms with Crippen molar-refractivity contribution in [1.29, 1.82) is 0 Å². The number of thiophene rings is 1. The number of carbonyl (C=O) groups excluding carboxylic acids is 2. The lowest BCUT2D eigenvalue weighted by molar-refractivity contribution is -0.143. The normalized spacial score (nSPS) is 10.9. The van der Waals surface area contributed by atoms with Crippen molar-refractivity contribution in [3.05, 3.63) is 58.0 Å². The van der Waals surface area contributed by atoms with Crippen LogP contribution in [-0.4, -0.2) is 48.4 Å². The van der Waals surface area contributed by atoms with E-state index in [0.29, 0.717) is 26.2 Å². The molecule has 0 saturated carbocycles. The summed E-state index contributed by atoms with van der Waals surface area (Å²) in [5.41, 5.74) is 0.838. The highest BCUT2D eigenvalue weighted by atomic mass is 32.1. The molecule has 0 bridgehead atoms. The van der Waals surface area contributed by atoms with Crippen molar-refractivity contribution in [2.24, 2.45) is 5.92 Å². The summed E-state index contributed by atoms with van der Waals surface area (Å²) in [6, 6.07) is 10.0. The number of benzene rings is 1. The number of amides is 2. The van der Waals surface area contributed by atoms with E-state index in [9.17, 15) is 14.0 Å². The summed E-state index contributed by atoms with van der Waals surface area (Å²) in [6.45, 7) is 5.15. The first-order valence-electron chi connectivity index (χ1n) is 9.23. The maximum absolute atomic E-state index is 13.2. The summed E-state index contributed by atoms with van der Waals surface area (Å²) in [5.74, 6) is -0.744. The second kappa shape index (κ2) is 10.9. The lowest BCUT2D eigenvalue weighted by Gasteiger charge is -2.28. The largest absolute Gasteiger partial charge is 0.383 e. The highest BCUT2D eigenvalue weighted by molar-refractivity contribution is 7.09. The van der Waals surface area contributed by atoms with E-state index < -0.39 is 0 Å². The molecule has 0 N–H and O–H groups in total. The first-order valence-corrected chi connectivity index (χ1v) is 10.1. The van der Waals surface area contributed by atoms with E-state index >= 15 is 0 Å². The molecule has 1 aromatic heterocycles. The fourth-order valence-electron chi connectivity index (χ4n) is 2.73. The number of nitrogens with zero attached hydrogens (tertiary/aromatic N) is 2. The summed E-state index contributed by atoms with van der Waals surface area (Å²) in [5, 5.41) is 1.96. The van der Waals surface area contributed by atoms with Gasteiger partial charge >= 0.3 is 0 Å². The second-order valence-corrected chi connectivity index (χ2v) is 7.90. The van der Waals surface area contributed by atoms with E-state index in [1.807, 2.05) is 31.4 Å². The lowest BCUT2D eigenvalue weighted by atomic mass is 10.1. The Morgan fingerprint density at radius 3 is 2.39 bits per heavy atom. The van der Waals surface area contributed by atoms with Crippen LogP contribution in [-0.2, 0) is 27.4 Å². The van der Waals surface area contributed by atoms with Gasteiger partial charge in [0.15, 0.2) is 0 Å². The van der Waals surface area contributed by atoms with Crippen LogP contribution in [0.1, 0.15) is 24.3 Å². The van der Waals surface area contributed by atoms with Gasteiger partial charge < -0.3 is 14.5 Å². The van der Waals surface area contributed by atoms with Crippen molar-refractivity contribution >= 4 is 23.2 Å². The van der Waals surface area contributed by atoms with Gasteiger partial charge in [-0.05, 0) is 29.1 Å². The molecule has 2 amide bonds. The van der Waals surface area contributed by atoms with Gasteiger partial charge in [-0.3, -0.25) is 9.59 Å². The molecule has 0 aliphatic rings. The van der Waals surface area contributed by atoms with Gasteiger partial charge in [-0.1, -0.05) is 32.0 Å². The van der Waals surface area contributed by atoms with Gasteiger partial charge in [-0.15, -0.1) is 11.3 Å². The lowest BCUT2D eigenvalue weighted by Crippen LogP contribution is -2.45. The Balaban J connectivity index is 2.15. The standard InChI is InChI=1S/C21H27FN2O3S/c1-16(2)21(26)23(10-11-27-3)15-20(25)24(14-19-5-4-12-28-19)13-17-6-8-18(22)9-7-17/h4-9,12,16H,10-11,13-15H2,1-3H3. The van der Waals surface area contributed by atoms with Crippen molar-refractivity contribution in [3.63, 3.8) is 0 Å². The molecule has 0 aliphatic heterocycles. The monoisotopic (exact) mass is 406 g/mol. The van der Waals surface area contributed by atoms with Crippen LogP contribution in [0.4, 0.5) is 4.39 Å². The molecule has 0 spiro atoms. The average molecular weight is 407 g/mol. The van der Waals surface area contributed by atoms with Gasteiger partial charge in [0, 0.05) is 31.0 Å². The van der Waals surface area contributed by atoms with Crippen LogP contribution in [0, 0.1) is 11.7 Å². The quantitative estimate of drug-likeness (QED) is 0.606. The van der Waals surface area contributed by atoms with Crippen LogP contribution >= 0.6 is 11.3 Å². The maximum Gasteiger partial charge on any atom is 0.242 e. The number of ether oxygens (including phenoxy) is 1. The van der Waals surface area contributed by atoms with Gasteiger partial charge in [0.05, 0.1) is 19.7 Å². The van der Waals surface area contributed by atoms with E-state index in [1.165, 1.54) is 12.1 Å². The summed E-state index contributed by atoms with van der Waals surface area (Å²) in [7, 11) is 1.57. The molecular weight excluding hydrogens is 379 g/mol. The SMILES string of the molecule is COCCN(CC(=O)N(Cc1ccc(F)cc1)Cc1cccs1)C(=O)C(C)C. The van der Waals surface area contributed by atoms with E-state index in [2.05, 4.69) is 0 Å². The molecule has 5 nitrogen and oxygen atoms in total. The third-order valence-corrected chi connectivity index (χ3v) is 5.12. The van der Waals surface area contributed by atoms with Gasteiger partial charge in [-0.2, -0.15) is 0 Å². The Kier molecular flexibility index (Phi) is 8.60. The number of carbonyl (C=O) groups is 2. The molecule has 1 aromatic carbocycles. The molecule has 0 atom stereocenters. The minimum absolute atomic E-state index is 0.00700. The molecule has 2 rings (SSSR count). The zero-order chi connectivity index (χ0) is 20.5. The van der Waals surface area contributed by atoms with Crippen molar-refractivity contribution in [3.8, 4) is 0 Å². The number of rotatable bonds is 10. The summed E-state index contributed by atoms with van der Waals surface area (Å²) in [4.78, 5) is 29.8. The van der Waals surface area contributed by atoms with Crippen molar-refractivity contribution in [2.45, 2.75) is 26.9 Å². The second-order valence-electron chi connectivity index (χ2n) is 6.86. The number of hydrogen-bond acceptors (Lipinski definition) is 4. The van der Waals surface area contributed by atoms with Crippen LogP contribution < -0.4 is 0 Å². The highest BCUT2D eigenvalue weighted by Gasteiger charge is 2.23. The zero-order valence-electron chi connectivity index (χ0n) is 16.6. The van der Waals surface area contributed by atoms with Crippen molar-refractivity contribution in [2.75, 3.05) is 26.8 Å². The molecule has 0 radical (unpaired) electrons. The molecule has 0 unspecified atom stereocenters. The smallest absolute Gasteiger partial charge is 0.242 e. The summed E-state index contributed by atoms with van der Waals surface area (Å²) in [6.07, 6.45) is 0. The van der Waals surface area contributed by atoms with Crippen LogP contribution in [0.5, 0.6) is 0 Å². The van der Waals surface area contributed by atoms with Gasteiger partial charge in [0.25, 0.3) is 0 Å². The Bertz CT molecular complexity index is 748. The third-order valence-electron chi connectivity index (χ3n) is 4.26. The molecule has 152 valence electrons. The Morgan fingerprint density at radius 2 is 1.82 bits per heavy atom. The molecule has 0 aliphatic carbocycles. The number of halogens is 1. The fourth-order valence-corrected chi connectivity index (χ4v) is 3.45. The van der Waals surface area contributed by atoms with Crippen LogP contribution in [0.15, 0.2) is 41.8 Å². The van der Waals surface area contributed by atoms with Crippen LogP contribution in [0.25, 0.3) is 0 Å². The Labute approximate surface area is 169 Å². The highest BCUT2D eigenvalue weighted by Crippen LogP contribution is 2.16. The van der Waals surface area contributed by atoms with E-state index in [-0.39, 0.29) is 30.1 Å². The number of methoxy groups -OCH3 is 1. The van der Waals surface area contributed by atoms with Gasteiger partial charge in [0.1, 0.15) is 5.82 Å². The van der Waals surface area contributed by atoms with Crippen LogP contribution in [0.3, 0.4) is 0 Å². The molecule has 28 heavy (non-hydrogen) atoms. The Morgan fingerprint density at radius 1 is 1.11 bits per heavy atom. The summed E-state index contributed by atoms with van der Waals surface area (Å²) >= 11 is 1.57. The first-order chi connectivity index (χ1) is 13.4. The van der Waals surface area contributed by atoms with Crippen LogP contribution in [0.2, 0.25) is 0 Å². The minimum atomic E-state index is -0.312. The zero-order valence-corrected chi connectivity index (χ0v) is 17.4. The maximum atomic E-state index is 13.2. The average Bonchev–Trinajstić information content (AvgIpc) is 3.18. The Hall–Kier alpha value is -2.25. The van der Waals surface area contributed by atoms with E-state index in [4.69, 9.17) is 4.74 Å². The summed E-state index contributed by atoms with van der Waals surface area (Å²) < 4.78 is 18.3. The fraction of sp³-hybridized carbons (Fsp3) is 0.429. The molecular formula is C21H27FN2O3S.